The van der Waals surface area contributed by atoms with Crippen molar-refractivity contribution < 1.29 is 14.7 Å². The van der Waals surface area contributed by atoms with Gasteiger partial charge >= 0.3 is 12.0 Å². The van der Waals surface area contributed by atoms with E-state index in [0.717, 1.165) is 38.0 Å². The molecular weight excluding hydrogens is 256 g/mol. The Labute approximate surface area is 121 Å². The van der Waals surface area contributed by atoms with Gasteiger partial charge in [0.1, 0.15) is 0 Å². The van der Waals surface area contributed by atoms with Gasteiger partial charge in [0.15, 0.2) is 0 Å². The van der Waals surface area contributed by atoms with E-state index in [1.807, 2.05) is 14.0 Å². The maximum atomic E-state index is 12.2. The molecule has 1 atom stereocenters. The average molecular weight is 284 g/mol. The minimum atomic E-state index is -0.863. The number of carbonyl (C=O) groups is 2. The first-order valence-corrected chi connectivity index (χ1v) is 7.69. The summed E-state index contributed by atoms with van der Waals surface area (Å²) >= 11 is 0. The Hall–Kier alpha value is -1.26. The summed E-state index contributed by atoms with van der Waals surface area (Å²) in [6.07, 6.45) is 5.97. The molecule has 0 aliphatic heterocycles. The van der Waals surface area contributed by atoms with Gasteiger partial charge in [0.25, 0.3) is 0 Å². The third-order valence-electron chi connectivity index (χ3n) is 4.24. The van der Waals surface area contributed by atoms with Crippen molar-refractivity contribution in [3.63, 3.8) is 0 Å². The van der Waals surface area contributed by atoms with Crippen molar-refractivity contribution in [2.45, 2.75) is 70.9 Å². The summed E-state index contributed by atoms with van der Waals surface area (Å²) in [5.74, 6) is -0.111. The van der Waals surface area contributed by atoms with Gasteiger partial charge in [0.2, 0.25) is 0 Å². The Morgan fingerprint density at radius 3 is 2.40 bits per heavy atom. The number of carbonyl (C=O) groups excluding carboxylic acids is 1. The Balaban J connectivity index is 2.48. The standard InChI is InChI=1S/C15H28N2O3/c1-4-5-12(10-14(18)19)16-15(20)17(3)13-8-6-11(2)7-9-13/h11-13H,4-10H2,1-3H3,(H,16,20)(H,18,19). The summed E-state index contributed by atoms with van der Waals surface area (Å²) in [5, 5.41) is 11.7. The molecule has 0 heterocycles. The number of nitrogens with one attached hydrogen (secondary N) is 1. The molecule has 1 rings (SSSR count). The largest absolute Gasteiger partial charge is 0.481 e. The lowest BCUT2D eigenvalue weighted by Gasteiger charge is -2.34. The zero-order valence-electron chi connectivity index (χ0n) is 12.9. The lowest BCUT2D eigenvalue weighted by molar-refractivity contribution is -0.137. The molecule has 1 aliphatic rings. The highest BCUT2D eigenvalue weighted by molar-refractivity contribution is 5.76. The summed E-state index contributed by atoms with van der Waals surface area (Å²) < 4.78 is 0. The molecule has 0 aromatic carbocycles. The van der Waals surface area contributed by atoms with Crippen LogP contribution in [-0.4, -0.2) is 41.1 Å². The quantitative estimate of drug-likeness (QED) is 0.788. The summed E-state index contributed by atoms with van der Waals surface area (Å²) in [6, 6.07) is -0.113. The van der Waals surface area contributed by atoms with Gasteiger partial charge in [0, 0.05) is 19.1 Å². The number of hydrogen-bond donors (Lipinski definition) is 2. The van der Waals surface area contributed by atoms with E-state index < -0.39 is 5.97 Å². The SMILES string of the molecule is CCCC(CC(=O)O)NC(=O)N(C)C1CCC(C)CC1. The number of hydrogen-bond acceptors (Lipinski definition) is 2. The molecule has 0 bridgehead atoms. The van der Waals surface area contributed by atoms with Gasteiger partial charge in [-0.3, -0.25) is 4.79 Å². The molecule has 1 unspecified atom stereocenters. The number of rotatable bonds is 6. The summed E-state index contributed by atoms with van der Waals surface area (Å²) in [5.41, 5.74) is 0. The fraction of sp³-hybridized carbons (Fsp3) is 0.867. The van der Waals surface area contributed by atoms with Gasteiger partial charge in [-0.1, -0.05) is 20.3 Å². The molecule has 0 spiro atoms. The van der Waals surface area contributed by atoms with Gasteiger partial charge in [-0.25, -0.2) is 4.79 Å². The second-order valence-corrected chi connectivity index (χ2v) is 6.06. The van der Waals surface area contributed by atoms with Crippen molar-refractivity contribution in [3.05, 3.63) is 0 Å². The molecule has 5 heteroatoms. The van der Waals surface area contributed by atoms with Crippen LogP contribution in [-0.2, 0) is 4.79 Å². The summed E-state index contributed by atoms with van der Waals surface area (Å²) in [4.78, 5) is 24.8. The molecule has 1 saturated carbocycles. The van der Waals surface area contributed by atoms with Crippen molar-refractivity contribution in [2.75, 3.05) is 7.05 Å². The van der Waals surface area contributed by atoms with E-state index >= 15 is 0 Å². The maximum absolute atomic E-state index is 12.2. The molecule has 0 radical (unpaired) electrons. The molecule has 0 saturated heterocycles. The van der Waals surface area contributed by atoms with Crippen molar-refractivity contribution in [1.82, 2.24) is 10.2 Å². The van der Waals surface area contributed by atoms with E-state index in [2.05, 4.69) is 12.2 Å². The van der Waals surface area contributed by atoms with Crippen molar-refractivity contribution >= 4 is 12.0 Å². The van der Waals surface area contributed by atoms with Crippen LogP contribution >= 0.6 is 0 Å². The van der Waals surface area contributed by atoms with Crippen molar-refractivity contribution in [3.8, 4) is 0 Å². The molecule has 1 aliphatic carbocycles. The lowest BCUT2D eigenvalue weighted by atomic mass is 9.87. The van der Waals surface area contributed by atoms with Crippen molar-refractivity contribution in [1.29, 1.82) is 0 Å². The van der Waals surface area contributed by atoms with E-state index in [4.69, 9.17) is 5.11 Å². The van der Waals surface area contributed by atoms with Crippen molar-refractivity contribution in [2.24, 2.45) is 5.92 Å². The van der Waals surface area contributed by atoms with Gasteiger partial charge < -0.3 is 15.3 Å². The average Bonchev–Trinajstić information content (AvgIpc) is 2.38. The van der Waals surface area contributed by atoms with Crippen LogP contribution in [0.2, 0.25) is 0 Å². The predicted octanol–water partition coefficient (Wildman–Crippen LogP) is 2.85. The highest BCUT2D eigenvalue weighted by Crippen LogP contribution is 2.26. The van der Waals surface area contributed by atoms with Crippen LogP contribution in [0.25, 0.3) is 0 Å². The maximum Gasteiger partial charge on any atom is 0.317 e. The van der Waals surface area contributed by atoms with E-state index in [1.54, 1.807) is 4.90 Å². The normalized spacial score (nSPS) is 23.9. The lowest BCUT2D eigenvalue weighted by Crippen LogP contribution is -2.48. The number of urea groups is 1. The Bertz CT molecular complexity index is 325. The minimum Gasteiger partial charge on any atom is -0.481 e. The van der Waals surface area contributed by atoms with Gasteiger partial charge in [0.05, 0.1) is 6.42 Å². The van der Waals surface area contributed by atoms with Gasteiger partial charge in [-0.2, -0.15) is 0 Å². The fourth-order valence-electron chi connectivity index (χ4n) is 2.86. The first-order chi connectivity index (χ1) is 9.43. The number of aliphatic carboxylic acids is 1. The topological polar surface area (TPSA) is 69.6 Å². The van der Waals surface area contributed by atoms with Crippen LogP contribution in [0.5, 0.6) is 0 Å². The minimum absolute atomic E-state index is 0.00484. The van der Waals surface area contributed by atoms with Crippen LogP contribution in [0.15, 0.2) is 0 Å². The van der Waals surface area contributed by atoms with Gasteiger partial charge in [-0.15, -0.1) is 0 Å². The van der Waals surface area contributed by atoms with E-state index in [9.17, 15) is 9.59 Å². The van der Waals surface area contributed by atoms with Crippen LogP contribution in [0.3, 0.4) is 0 Å². The zero-order chi connectivity index (χ0) is 15.1. The zero-order valence-corrected chi connectivity index (χ0v) is 12.9. The van der Waals surface area contributed by atoms with Crippen LogP contribution in [0.4, 0.5) is 4.79 Å². The first kappa shape index (κ1) is 16.8. The Kier molecular flexibility index (Phi) is 6.82. The van der Waals surface area contributed by atoms with Crippen LogP contribution < -0.4 is 5.32 Å². The molecular formula is C15H28N2O3. The molecule has 1 fully saturated rings. The highest BCUT2D eigenvalue weighted by atomic mass is 16.4. The first-order valence-electron chi connectivity index (χ1n) is 7.69. The summed E-state index contributed by atoms with van der Waals surface area (Å²) in [6.45, 7) is 4.24. The molecule has 0 aromatic rings. The number of carboxylic acids is 1. The molecule has 0 aromatic heterocycles. The Morgan fingerprint density at radius 2 is 1.90 bits per heavy atom. The Morgan fingerprint density at radius 1 is 1.30 bits per heavy atom. The molecule has 2 amide bonds. The molecule has 116 valence electrons. The van der Waals surface area contributed by atoms with E-state index in [-0.39, 0.29) is 18.5 Å². The summed E-state index contributed by atoms with van der Waals surface area (Å²) in [7, 11) is 1.82. The second kappa shape index (κ2) is 8.12. The highest BCUT2D eigenvalue weighted by Gasteiger charge is 2.26. The number of nitrogens with zero attached hydrogens (tertiary/aromatic N) is 1. The third-order valence-corrected chi connectivity index (χ3v) is 4.24. The number of carboxylic acid groups (broad SMARTS) is 1. The smallest absolute Gasteiger partial charge is 0.317 e. The third kappa shape index (κ3) is 5.39. The van der Waals surface area contributed by atoms with Crippen LogP contribution in [0.1, 0.15) is 58.8 Å². The van der Waals surface area contributed by atoms with Gasteiger partial charge in [-0.05, 0) is 38.0 Å². The molecule has 20 heavy (non-hydrogen) atoms. The predicted molar refractivity (Wildman–Crippen MR) is 78.7 cm³/mol. The molecule has 5 nitrogen and oxygen atoms in total. The second-order valence-electron chi connectivity index (χ2n) is 6.06. The van der Waals surface area contributed by atoms with E-state index in [0.29, 0.717) is 12.5 Å². The fourth-order valence-corrected chi connectivity index (χ4v) is 2.86. The molecule has 2 N–H and O–H groups in total. The number of amides is 2. The van der Waals surface area contributed by atoms with E-state index in [1.165, 1.54) is 0 Å². The van der Waals surface area contributed by atoms with Crippen LogP contribution in [0, 0.1) is 5.92 Å². The monoisotopic (exact) mass is 284 g/mol.